The summed E-state index contributed by atoms with van der Waals surface area (Å²) in [6, 6.07) is 12.9. The smallest absolute Gasteiger partial charge is 0.419 e. The molecule has 1 aromatic heterocycles. The molecule has 0 N–H and O–H groups in total. The van der Waals surface area contributed by atoms with Crippen molar-refractivity contribution in [2.24, 2.45) is 0 Å². The van der Waals surface area contributed by atoms with Gasteiger partial charge in [-0.1, -0.05) is 18.2 Å². The van der Waals surface area contributed by atoms with Gasteiger partial charge in [0.1, 0.15) is 0 Å². The number of fused-ring (bicyclic) bond motifs is 2. The summed E-state index contributed by atoms with van der Waals surface area (Å²) in [4.78, 5) is 26.5. The Bertz CT molecular complexity index is 1040. The molecule has 2 heterocycles. The molecule has 7 nitrogen and oxygen atoms in total. The summed E-state index contributed by atoms with van der Waals surface area (Å²) in [6.07, 6.45) is 0.224. The molecule has 0 radical (unpaired) electrons. The van der Waals surface area contributed by atoms with Gasteiger partial charge < -0.3 is 18.8 Å². The Balaban J connectivity index is 1.44. The van der Waals surface area contributed by atoms with Crippen LogP contribution in [-0.4, -0.2) is 28.7 Å². The largest absolute Gasteiger partial charge is 0.454 e. The van der Waals surface area contributed by atoms with E-state index in [1.54, 1.807) is 11.0 Å². The maximum Gasteiger partial charge on any atom is 0.419 e. The number of hydrogen-bond acceptors (Lipinski definition) is 5. The minimum atomic E-state index is -0.442. The van der Waals surface area contributed by atoms with Gasteiger partial charge >= 0.3 is 5.76 Å². The molecule has 0 aliphatic carbocycles. The molecule has 0 saturated carbocycles. The Kier molecular flexibility index (Phi) is 4.58. The minimum Gasteiger partial charge on any atom is -0.454 e. The summed E-state index contributed by atoms with van der Waals surface area (Å²) in [5.41, 5.74) is 2.21. The van der Waals surface area contributed by atoms with E-state index >= 15 is 0 Å². The molecule has 0 saturated heterocycles. The zero-order valence-corrected chi connectivity index (χ0v) is 15.0. The molecule has 1 aliphatic rings. The summed E-state index contributed by atoms with van der Waals surface area (Å²) in [6.45, 7) is 3.50. The van der Waals surface area contributed by atoms with Crippen LogP contribution in [0.1, 0.15) is 18.9 Å². The van der Waals surface area contributed by atoms with E-state index in [2.05, 4.69) is 0 Å². The molecule has 0 spiro atoms. The van der Waals surface area contributed by atoms with Gasteiger partial charge in [0, 0.05) is 26.1 Å². The van der Waals surface area contributed by atoms with E-state index in [9.17, 15) is 9.59 Å². The van der Waals surface area contributed by atoms with E-state index in [0.717, 1.165) is 11.3 Å². The summed E-state index contributed by atoms with van der Waals surface area (Å²) < 4.78 is 17.4. The third-order valence-corrected chi connectivity index (χ3v) is 4.67. The predicted octanol–water partition coefficient (Wildman–Crippen LogP) is 2.76. The molecule has 27 heavy (non-hydrogen) atoms. The van der Waals surface area contributed by atoms with Gasteiger partial charge in [-0.25, -0.2) is 4.79 Å². The van der Waals surface area contributed by atoms with Crippen molar-refractivity contribution in [3.63, 3.8) is 0 Å². The van der Waals surface area contributed by atoms with Crippen LogP contribution in [0.2, 0.25) is 0 Å². The highest BCUT2D eigenvalue weighted by Crippen LogP contribution is 2.32. The first-order chi connectivity index (χ1) is 13.2. The molecule has 0 bridgehead atoms. The number of para-hydroxylation sites is 2. The van der Waals surface area contributed by atoms with Gasteiger partial charge in [-0.2, -0.15) is 0 Å². The number of rotatable bonds is 6. The lowest BCUT2D eigenvalue weighted by Gasteiger charge is -2.21. The van der Waals surface area contributed by atoms with Crippen molar-refractivity contribution in [2.75, 3.05) is 13.3 Å². The van der Waals surface area contributed by atoms with Crippen molar-refractivity contribution in [3.8, 4) is 11.5 Å². The SMILES string of the molecule is CCN(Cc1ccc2c(c1)OCO2)C(=O)CCn1c(=O)oc2ccccc21. The molecule has 7 heteroatoms. The highest BCUT2D eigenvalue weighted by atomic mass is 16.7. The predicted molar refractivity (Wildman–Crippen MR) is 98.7 cm³/mol. The van der Waals surface area contributed by atoms with E-state index in [4.69, 9.17) is 13.9 Å². The maximum atomic E-state index is 12.7. The number of ether oxygens (including phenoxy) is 2. The van der Waals surface area contributed by atoms with Crippen LogP contribution in [0.25, 0.3) is 11.1 Å². The zero-order valence-electron chi connectivity index (χ0n) is 15.0. The third-order valence-electron chi connectivity index (χ3n) is 4.67. The van der Waals surface area contributed by atoms with E-state index in [0.29, 0.717) is 29.9 Å². The highest BCUT2D eigenvalue weighted by molar-refractivity contribution is 5.77. The maximum absolute atomic E-state index is 12.7. The first-order valence-corrected chi connectivity index (χ1v) is 8.90. The van der Waals surface area contributed by atoms with Gasteiger partial charge in [0.05, 0.1) is 5.52 Å². The van der Waals surface area contributed by atoms with Crippen molar-refractivity contribution < 1.29 is 18.7 Å². The molecule has 0 unspecified atom stereocenters. The van der Waals surface area contributed by atoms with Gasteiger partial charge in [0.15, 0.2) is 17.1 Å². The summed E-state index contributed by atoms with van der Waals surface area (Å²) >= 11 is 0. The minimum absolute atomic E-state index is 0.0210. The lowest BCUT2D eigenvalue weighted by Crippen LogP contribution is -2.31. The second-order valence-electron chi connectivity index (χ2n) is 6.33. The number of carbonyl (C=O) groups is 1. The molecule has 3 aromatic rings. The second-order valence-corrected chi connectivity index (χ2v) is 6.33. The summed E-state index contributed by atoms with van der Waals surface area (Å²) in [5.74, 6) is 0.960. The fourth-order valence-electron chi connectivity index (χ4n) is 3.23. The van der Waals surface area contributed by atoms with Crippen LogP contribution >= 0.6 is 0 Å². The highest BCUT2D eigenvalue weighted by Gasteiger charge is 2.17. The summed E-state index contributed by atoms with van der Waals surface area (Å²) in [7, 11) is 0. The molecule has 140 valence electrons. The molecule has 1 amide bonds. The van der Waals surface area contributed by atoms with Gasteiger partial charge in [0.25, 0.3) is 0 Å². The van der Waals surface area contributed by atoms with E-state index in [-0.39, 0.29) is 25.7 Å². The fraction of sp³-hybridized carbons (Fsp3) is 0.300. The number of oxazole rings is 1. The Morgan fingerprint density at radius 2 is 1.96 bits per heavy atom. The number of nitrogens with zero attached hydrogens (tertiary/aromatic N) is 2. The molecule has 0 atom stereocenters. The molecule has 2 aromatic carbocycles. The van der Waals surface area contributed by atoms with Crippen LogP contribution in [0, 0.1) is 0 Å². The monoisotopic (exact) mass is 368 g/mol. The number of hydrogen-bond donors (Lipinski definition) is 0. The van der Waals surface area contributed by atoms with Crippen LogP contribution in [0.15, 0.2) is 51.7 Å². The number of aryl methyl sites for hydroxylation is 1. The average molecular weight is 368 g/mol. The number of benzene rings is 2. The fourth-order valence-corrected chi connectivity index (χ4v) is 3.23. The van der Waals surface area contributed by atoms with Gasteiger partial charge in [-0.05, 0) is 36.8 Å². The van der Waals surface area contributed by atoms with E-state index in [1.165, 1.54) is 4.57 Å². The molecule has 0 fully saturated rings. The Labute approximate surface area is 155 Å². The zero-order chi connectivity index (χ0) is 18.8. The second kappa shape index (κ2) is 7.19. The first kappa shape index (κ1) is 17.2. The standard InChI is InChI=1S/C20H20N2O5/c1-2-21(12-14-7-8-17-18(11-14)26-13-25-17)19(23)9-10-22-15-5-3-4-6-16(15)27-20(22)24/h3-8,11H,2,9-10,12-13H2,1H3. The van der Waals surface area contributed by atoms with Crippen LogP contribution in [0.3, 0.4) is 0 Å². The molecule has 4 rings (SSSR count). The van der Waals surface area contributed by atoms with Crippen molar-refractivity contribution in [1.82, 2.24) is 9.47 Å². The van der Waals surface area contributed by atoms with Crippen LogP contribution < -0.4 is 15.2 Å². The Hall–Kier alpha value is -3.22. The van der Waals surface area contributed by atoms with Gasteiger partial charge in [-0.15, -0.1) is 0 Å². The first-order valence-electron chi connectivity index (χ1n) is 8.90. The van der Waals surface area contributed by atoms with Crippen LogP contribution in [0.5, 0.6) is 11.5 Å². The average Bonchev–Trinajstić information content (AvgIpc) is 3.27. The van der Waals surface area contributed by atoms with E-state index < -0.39 is 5.76 Å². The lowest BCUT2D eigenvalue weighted by atomic mass is 10.2. The van der Waals surface area contributed by atoms with Crippen molar-refractivity contribution in [1.29, 1.82) is 0 Å². The Morgan fingerprint density at radius 1 is 1.15 bits per heavy atom. The molecular weight excluding hydrogens is 348 g/mol. The summed E-state index contributed by atoms with van der Waals surface area (Å²) in [5, 5.41) is 0. The number of amides is 1. The van der Waals surface area contributed by atoms with Gasteiger partial charge in [0.2, 0.25) is 12.7 Å². The Morgan fingerprint density at radius 3 is 2.81 bits per heavy atom. The molecule has 1 aliphatic heterocycles. The normalized spacial score (nSPS) is 12.5. The van der Waals surface area contributed by atoms with Crippen molar-refractivity contribution in [3.05, 3.63) is 58.6 Å². The van der Waals surface area contributed by atoms with Crippen molar-refractivity contribution in [2.45, 2.75) is 26.4 Å². The van der Waals surface area contributed by atoms with Crippen molar-refractivity contribution >= 4 is 17.0 Å². The lowest BCUT2D eigenvalue weighted by molar-refractivity contribution is -0.131. The molecular formula is C20H20N2O5. The number of carbonyl (C=O) groups excluding carboxylic acids is 1. The van der Waals surface area contributed by atoms with Crippen LogP contribution in [-0.2, 0) is 17.9 Å². The topological polar surface area (TPSA) is 73.9 Å². The van der Waals surface area contributed by atoms with E-state index in [1.807, 2.05) is 43.3 Å². The number of aromatic nitrogens is 1. The quantitative estimate of drug-likeness (QED) is 0.669. The van der Waals surface area contributed by atoms with Gasteiger partial charge in [-0.3, -0.25) is 9.36 Å². The third kappa shape index (κ3) is 3.40. The van der Waals surface area contributed by atoms with Crippen LogP contribution in [0.4, 0.5) is 0 Å².